The van der Waals surface area contributed by atoms with Crippen LogP contribution < -0.4 is 5.32 Å². The molecule has 0 aliphatic rings. The summed E-state index contributed by atoms with van der Waals surface area (Å²) in [7, 11) is 0. The second kappa shape index (κ2) is 6.39. The largest absolute Gasteiger partial charge is 0.456 e. The van der Waals surface area contributed by atoms with Crippen LogP contribution >= 0.6 is 0 Å². The summed E-state index contributed by atoms with van der Waals surface area (Å²) in [6, 6.07) is 9.44. The van der Waals surface area contributed by atoms with Crippen molar-refractivity contribution in [1.82, 2.24) is 5.32 Å². The van der Waals surface area contributed by atoms with E-state index in [0.29, 0.717) is 12.3 Å². The Bertz CT molecular complexity index is 565. The van der Waals surface area contributed by atoms with Crippen LogP contribution in [-0.4, -0.2) is 17.6 Å². The van der Waals surface area contributed by atoms with E-state index in [1.165, 1.54) is 0 Å². The number of amides is 1. The number of aryl methyl sites for hydroxylation is 2. The van der Waals surface area contributed by atoms with Gasteiger partial charge in [0, 0.05) is 6.54 Å². The number of aliphatic hydroxyl groups is 1. The molecular weight excluding hydrogens is 254 g/mol. The molecular formula is C16H19NO3. The minimum Gasteiger partial charge on any atom is -0.456 e. The van der Waals surface area contributed by atoms with Crippen LogP contribution in [0.5, 0.6) is 0 Å². The van der Waals surface area contributed by atoms with Gasteiger partial charge in [0.25, 0.3) is 5.91 Å². The van der Waals surface area contributed by atoms with E-state index in [2.05, 4.69) is 5.32 Å². The zero-order valence-electron chi connectivity index (χ0n) is 11.8. The lowest BCUT2D eigenvalue weighted by atomic mass is 10.1. The van der Waals surface area contributed by atoms with Gasteiger partial charge in [0.2, 0.25) is 0 Å². The minimum atomic E-state index is -0.187. The minimum absolute atomic E-state index is 0.0498. The number of aliphatic hydroxyl groups excluding tert-OH is 1. The van der Waals surface area contributed by atoms with Crippen molar-refractivity contribution in [3.05, 3.63) is 58.5 Å². The van der Waals surface area contributed by atoms with E-state index in [1.54, 1.807) is 6.07 Å². The van der Waals surface area contributed by atoms with Crippen LogP contribution in [0.3, 0.4) is 0 Å². The molecule has 20 heavy (non-hydrogen) atoms. The van der Waals surface area contributed by atoms with Gasteiger partial charge in [-0.3, -0.25) is 4.79 Å². The van der Waals surface area contributed by atoms with Gasteiger partial charge in [-0.25, -0.2) is 0 Å². The Balaban J connectivity index is 1.84. The molecule has 2 aromatic rings. The lowest BCUT2D eigenvalue weighted by molar-refractivity contribution is 0.0925. The predicted octanol–water partition coefficient (Wildman–Crippen LogP) is 2.36. The van der Waals surface area contributed by atoms with E-state index in [4.69, 9.17) is 9.52 Å². The summed E-state index contributed by atoms with van der Waals surface area (Å²) in [4.78, 5) is 11.9. The number of furan rings is 1. The fraction of sp³-hybridized carbons (Fsp3) is 0.312. The molecule has 0 unspecified atom stereocenters. The number of rotatable bonds is 5. The molecule has 1 aromatic heterocycles. The topological polar surface area (TPSA) is 62.5 Å². The standard InChI is InChI=1S/C16H19NO3/c1-11-9-15(20-12(11)2)16(19)17-8-7-13-3-5-14(10-18)6-4-13/h3-6,9,18H,7-8,10H2,1-2H3,(H,17,19). The van der Waals surface area contributed by atoms with Crippen molar-refractivity contribution in [2.24, 2.45) is 0 Å². The van der Waals surface area contributed by atoms with E-state index < -0.39 is 0 Å². The second-order valence-electron chi connectivity index (χ2n) is 4.83. The van der Waals surface area contributed by atoms with Crippen LogP contribution in [-0.2, 0) is 13.0 Å². The molecule has 2 N–H and O–H groups in total. The van der Waals surface area contributed by atoms with Crippen molar-refractivity contribution >= 4 is 5.91 Å². The lowest BCUT2D eigenvalue weighted by Crippen LogP contribution is -2.25. The normalized spacial score (nSPS) is 10.6. The van der Waals surface area contributed by atoms with Gasteiger partial charge in [-0.2, -0.15) is 0 Å². The zero-order valence-corrected chi connectivity index (χ0v) is 11.8. The maximum atomic E-state index is 11.9. The van der Waals surface area contributed by atoms with Crippen molar-refractivity contribution in [2.75, 3.05) is 6.54 Å². The van der Waals surface area contributed by atoms with E-state index in [-0.39, 0.29) is 12.5 Å². The average Bonchev–Trinajstić information content (AvgIpc) is 2.79. The van der Waals surface area contributed by atoms with Gasteiger partial charge in [0.1, 0.15) is 5.76 Å². The molecule has 0 atom stereocenters. The quantitative estimate of drug-likeness (QED) is 0.879. The van der Waals surface area contributed by atoms with Gasteiger partial charge < -0.3 is 14.8 Å². The SMILES string of the molecule is Cc1cc(C(=O)NCCc2ccc(CO)cc2)oc1C. The van der Waals surface area contributed by atoms with Crippen LogP contribution in [0.25, 0.3) is 0 Å². The molecule has 1 aromatic carbocycles. The number of hydrogen-bond donors (Lipinski definition) is 2. The molecule has 1 heterocycles. The first-order valence-corrected chi connectivity index (χ1v) is 6.64. The molecule has 0 aliphatic carbocycles. The Morgan fingerprint density at radius 3 is 2.40 bits per heavy atom. The average molecular weight is 273 g/mol. The summed E-state index contributed by atoms with van der Waals surface area (Å²) in [5, 5.41) is 11.8. The Hall–Kier alpha value is -2.07. The summed E-state index contributed by atoms with van der Waals surface area (Å²) >= 11 is 0. The highest BCUT2D eigenvalue weighted by Crippen LogP contribution is 2.12. The van der Waals surface area contributed by atoms with E-state index in [9.17, 15) is 4.79 Å². The molecule has 1 amide bonds. The third-order valence-electron chi connectivity index (χ3n) is 3.29. The highest BCUT2D eigenvalue weighted by molar-refractivity contribution is 5.91. The molecule has 0 saturated heterocycles. The summed E-state index contributed by atoms with van der Waals surface area (Å²) in [6.45, 7) is 4.36. The fourth-order valence-corrected chi connectivity index (χ4v) is 1.90. The molecule has 0 radical (unpaired) electrons. The van der Waals surface area contributed by atoms with Gasteiger partial charge in [0.05, 0.1) is 6.61 Å². The lowest BCUT2D eigenvalue weighted by Gasteiger charge is -2.04. The molecule has 0 spiro atoms. The molecule has 0 aliphatic heterocycles. The van der Waals surface area contributed by atoms with E-state index >= 15 is 0 Å². The summed E-state index contributed by atoms with van der Waals surface area (Å²) in [5.41, 5.74) is 2.99. The maximum Gasteiger partial charge on any atom is 0.287 e. The molecule has 106 valence electrons. The van der Waals surface area contributed by atoms with Crippen LogP contribution in [0.15, 0.2) is 34.7 Å². The summed E-state index contributed by atoms with van der Waals surface area (Å²) < 4.78 is 5.37. The number of carbonyl (C=O) groups is 1. The first kappa shape index (κ1) is 14.3. The smallest absolute Gasteiger partial charge is 0.287 e. The van der Waals surface area contributed by atoms with Gasteiger partial charge in [-0.05, 0) is 43.0 Å². The van der Waals surface area contributed by atoms with Gasteiger partial charge in [-0.15, -0.1) is 0 Å². The molecule has 0 bridgehead atoms. The van der Waals surface area contributed by atoms with Gasteiger partial charge in [-0.1, -0.05) is 24.3 Å². The third-order valence-corrected chi connectivity index (χ3v) is 3.29. The third kappa shape index (κ3) is 3.48. The Labute approximate surface area is 118 Å². The van der Waals surface area contributed by atoms with E-state index in [0.717, 1.165) is 28.9 Å². The van der Waals surface area contributed by atoms with E-state index in [1.807, 2.05) is 38.1 Å². The van der Waals surface area contributed by atoms with Crippen molar-refractivity contribution in [3.63, 3.8) is 0 Å². The number of benzene rings is 1. The first-order valence-electron chi connectivity index (χ1n) is 6.64. The highest BCUT2D eigenvalue weighted by atomic mass is 16.3. The molecule has 0 fully saturated rings. The van der Waals surface area contributed by atoms with Crippen LogP contribution in [0, 0.1) is 13.8 Å². The number of hydrogen-bond acceptors (Lipinski definition) is 3. The molecule has 4 nitrogen and oxygen atoms in total. The first-order chi connectivity index (χ1) is 9.60. The monoisotopic (exact) mass is 273 g/mol. The highest BCUT2D eigenvalue weighted by Gasteiger charge is 2.11. The molecule has 2 rings (SSSR count). The van der Waals surface area contributed by atoms with Gasteiger partial charge in [0.15, 0.2) is 5.76 Å². The van der Waals surface area contributed by atoms with Crippen molar-refractivity contribution in [3.8, 4) is 0 Å². The Morgan fingerprint density at radius 1 is 1.20 bits per heavy atom. The van der Waals surface area contributed by atoms with Crippen molar-refractivity contribution < 1.29 is 14.3 Å². The summed E-state index contributed by atoms with van der Waals surface area (Å²) in [6.07, 6.45) is 0.746. The number of nitrogens with one attached hydrogen (secondary N) is 1. The maximum absolute atomic E-state index is 11.9. The Kier molecular flexibility index (Phi) is 4.58. The summed E-state index contributed by atoms with van der Waals surface area (Å²) in [5.74, 6) is 0.943. The second-order valence-corrected chi connectivity index (χ2v) is 4.83. The molecule has 4 heteroatoms. The van der Waals surface area contributed by atoms with Crippen LogP contribution in [0.4, 0.5) is 0 Å². The van der Waals surface area contributed by atoms with Gasteiger partial charge >= 0.3 is 0 Å². The molecule has 0 saturated carbocycles. The number of carbonyl (C=O) groups excluding carboxylic acids is 1. The predicted molar refractivity (Wildman–Crippen MR) is 76.6 cm³/mol. The van der Waals surface area contributed by atoms with Crippen molar-refractivity contribution in [1.29, 1.82) is 0 Å². The van der Waals surface area contributed by atoms with Crippen LogP contribution in [0.2, 0.25) is 0 Å². The van der Waals surface area contributed by atoms with Crippen LogP contribution in [0.1, 0.15) is 33.0 Å². The zero-order chi connectivity index (χ0) is 14.5. The van der Waals surface area contributed by atoms with Crippen molar-refractivity contribution in [2.45, 2.75) is 26.9 Å². The fourth-order valence-electron chi connectivity index (χ4n) is 1.90. The Morgan fingerprint density at radius 2 is 1.85 bits per heavy atom.